The lowest BCUT2D eigenvalue weighted by Crippen LogP contribution is -2.69. The van der Waals surface area contributed by atoms with Gasteiger partial charge in [0.25, 0.3) is 0 Å². The van der Waals surface area contributed by atoms with Gasteiger partial charge in [-0.3, -0.25) is 9.59 Å². The first-order chi connectivity index (χ1) is 11.5. The van der Waals surface area contributed by atoms with Crippen molar-refractivity contribution >= 4 is 17.9 Å². The van der Waals surface area contributed by atoms with Gasteiger partial charge in [0.1, 0.15) is 17.8 Å². The summed E-state index contributed by atoms with van der Waals surface area (Å²) in [6.07, 6.45) is -1.91. The Kier molecular flexibility index (Phi) is 2.40. The van der Waals surface area contributed by atoms with Crippen LogP contribution in [0.3, 0.4) is 0 Å². The molecule has 5 fully saturated rings. The fourth-order valence-electron chi connectivity index (χ4n) is 6.26. The molecule has 1 N–H and O–H groups in total. The van der Waals surface area contributed by atoms with Crippen LogP contribution < -0.4 is 0 Å². The lowest BCUT2D eigenvalue weighted by Gasteiger charge is -2.53. The number of rotatable bonds is 2. The van der Waals surface area contributed by atoms with E-state index in [0.29, 0.717) is 0 Å². The molecular weight excluding hydrogens is 332 g/mol. The average molecular weight is 352 g/mol. The molecule has 2 aliphatic carbocycles. The lowest BCUT2D eigenvalue weighted by atomic mass is 9.52. The molecular formula is C17H20O8. The second-order valence-electron chi connectivity index (χ2n) is 8.60. The van der Waals surface area contributed by atoms with E-state index in [4.69, 9.17) is 18.9 Å². The van der Waals surface area contributed by atoms with Crippen LogP contribution >= 0.6 is 0 Å². The Labute approximate surface area is 143 Å². The molecule has 2 bridgehead atoms. The van der Waals surface area contributed by atoms with Crippen molar-refractivity contribution in [3.05, 3.63) is 0 Å². The largest absolute Gasteiger partial charge is 0.459 e. The number of esters is 3. The third-order valence-electron chi connectivity index (χ3n) is 7.24. The standard InChI is InChI=1S/C17H20O8/c1-6(18)24-14(2,3)8-9-12(19)22-10(8)11-15(4)16(9,21)5-7-17(15,25-7)13(20)23-11/h7-11,21H,5H2,1-4H3. The second kappa shape index (κ2) is 3.86. The molecule has 3 aliphatic heterocycles. The Morgan fingerprint density at radius 1 is 1.32 bits per heavy atom. The summed E-state index contributed by atoms with van der Waals surface area (Å²) >= 11 is 0. The SMILES string of the molecule is CC(=O)OC(C)(C)C1C2OC(=O)C1C1(O)CC3OC34C(=O)OC2C14C. The smallest absolute Gasteiger partial charge is 0.342 e. The summed E-state index contributed by atoms with van der Waals surface area (Å²) in [5.41, 5.74) is -4.83. The Bertz CT molecular complexity index is 745. The summed E-state index contributed by atoms with van der Waals surface area (Å²) in [4.78, 5) is 36.7. The van der Waals surface area contributed by atoms with Gasteiger partial charge in [0.15, 0.2) is 6.10 Å². The van der Waals surface area contributed by atoms with Crippen molar-refractivity contribution in [3.8, 4) is 0 Å². The normalized spacial score (nSPS) is 54.5. The highest BCUT2D eigenvalue weighted by Crippen LogP contribution is 2.77. The van der Waals surface area contributed by atoms with Gasteiger partial charge in [0, 0.05) is 13.3 Å². The van der Waals surface area contributed by atoms with Gasteiger partial charge in [-0.15, -0.1) is 0 Å². The molecule has 0 aromatic carbocycles. The van der Waals surface area contributed by atoms with Crippen molar-refractivity contribution in [1.29, 1.82) is 0 Å². The molecule has 8 nitrogen and oxygen atoms in total. The number of epoxide rings is 1. The summed E-state index contributed by atoms with van der Waals surface area (Å²) in [5.74, 6) is -3.06. The fraction of sp³-hybridized carbons (Fsp3) is 0.824. The highest BCUT2D eigenvalue weighted by Gasteiger charge is 2.95. The maximum absolute atomic E-state index is 12.7. The Morgan fingerprint density at radius 2 is 2.00 bits per heavy atom. The zero-order valence-corrected chi connectivity index (χ0v) is 14.4. The third-order valence-corrected chi connectivity index (χ3v) is 7.24. The maximum Gasteiger partial charge on any atom is 0.342 e. The van der Waals surface area contributed by atoms with Gasteiger partial charge in [-0.25, -0.2) is 4.79 Å². The quantitative estimate of drug-likeness (QED) is 0.410. The molecule has 8 atom stereocenters. The lowest BCUT2D eigenvalue weighted by molar-refractivity contribution is -0.229. The summed E-state index contributed by atoms with van der Waals surface area (Å²) in [5, 5.41) is 11.6. The molecule has 1 spiro atoms. The van der Waals surface area contributed by atoms with Crippen LogP contribution in [0.25, 0.3) is 0 Å². The molecule has 0 aromatic rings. The minimum atomic E-state index is -1.51. The van der Waals surface area contributed by atoms with E-state index in [9.17, 15) is 19.5 Å². The number of hydrogen-bond acceptors (Lipinski definition) is 8. The van der Waals surface area contributed by atoms with Gasteiger partial charge in [0.05, 0.1) is 22.9 Å². The Balaban J connectivity index is 1.68. The average Bonchev–Trinajstić information content (AvgIpc) is 2.93. The van der Waals surface area contributed by atoms with E-state index in [-0.39, 0.29) is 6.42 Å². The zero-order chi connectivity index (χ0) is 18.2. The fourth-order valence-corrected chi connectivity index (χ4v) is 6.26. The molecule has 8 unspecified atom stereocenters. The molecule has 136 valence electrons. The number of ether oxygens (including phenoxy) is 4. The molecule has 25 heavy (non-hydrogen) atoms. The Morgan fingerprint density at radius 3 is 2.64 bits per heavy atom. The zero-order valence-electron chi connectivity index (χ0n) is 14.4. The maximum atomic E-state index is 12.7. The number of carbonyl (C=O) groups excluding carboxylic acids is 3. The van der Waals surface area contributed by atoms with Crippen molar-refractivity contribution in [2.24, 2.45) is 17.3 Å². The van der Waals surface area contributed by atoms with Crippen molar-refractivity contribution < 1.29 is 38.4 Å². The van der Waals surface area contributed by atoms with Gasteiger partial charge < -0.3 is 24.1 Å². The van der Waals surface area contributed by atoms with Crippen LogP contribution in [0.4, 0.5) is 0 Å². The summed E-state index contributed by atoms with van der Waals surface area (Å²) in [6.45, 7) is 6.40. The van der Waals surface area contributed by atoms with Gasteiger partial charge in [-0.2, -0.15) is 0 Å². The Hall–Kier alpha value is -1.67. The van der Waals surface area contributed by atoms with Crippen LogP contribution in [0.1, 0.15) is 34.1 Å². The molecule has 0 radical (unpaired) electrons. The highest BCUT2D eigenvalue weighted by molar-refractivity contribution is 5.91. The molecule has 0 aromatic heterocycles. The molecule has 3 heterocycles. The molecule has 0 amide bonds. The van der Waals surface area contributed by atoms with Gasteiger partial charge in [-0.05, 0) is 20.8 Å². The van der Waals surface area contributed by atoms with E-state index in [1.807, 2.05) is 0 Å². The summed E-state index contributed by atoms with van der Waals surface area (Å²) in [7, 11) is 0. The number of fused-ring (bicyclic) bond motifs is 4. The monoisotopic (exact) mass is 352 g/mol. The van der Waals surface area contributed by atoms with Crippen LogP contribution in [0.2, 0.25) is 0 Å². The predicted molar refractivity (Wildman–Crippen MR) is 77.9 cm³/mol. The molecule has 5 rings (SSSR count). The number of hydrogen-bond donors (Lipinski definition) is 1. The van der Waals surface area contributed by atoms with Gasteiger partial charge in [-0.1, -0.05) is 0 Å². The first-order valence-electron chi connectivity index (χ1n) is 8.52. The van der Waals surface area contributed by atoms with Crippen molar-refractivity contribution in [2.75, 3.05) is 0 Å². The number of carbonyl (C=O) groups is 3. The van der Waals surface area contributed by atoms with E-state index in [1.165, 1.54) is 6.92 Å². The first-order valence-corrected chi connectivity index (χ1v) is 8.52. The molecule has 5 aliphatic rings. The van der Waals surface area contributed by atoms with Crippen LogP contribution in [0, 0.1) is 17.3 Å². The highest BCUT2D eigenvalue weighted by atomic mass is 16.7. The van der Waals surface area contributed by atoms with Crippen LogP contribution in [0.5, 0.6) is 0 Å². The topological polar surface area (TPSA) is 112 Å². The third kappa shape index (κ3) is 1.33. The van der Waals surface area contributed by atoms with Crippen molar-refractivity contribution in [1.82, 2.24) is 0 Å². The van der Waals surface area contributed by atoms with Gasteiger partial charge in [0.2, 0.25) is 5.60 Å². The molecule has 8 heteroatoms. The molecule has 3 saturated heterocycles. The summed E-state index contributed by atoms with van der Waals surface area (Å²) < 4.78 is 22.2. The predicted octanol–water partition coefficient (Wildman–Crippen LogP) is -0.296. The van der Waals surface area contributed by atoms with Crippen molar-refractivity contribution in [2.45, 2.75) is 69.2 Å². The van der Waals surface area contributed by atoms with Gasteiger partial charge >= 0.3 is 17.9 Å². The van der Waals surface area contributed by atoms with E-state index in [0.717, 1.165) is 0 Å². The van der Waals surface area contributed by atoms with Crippen LogP contribution in [-0.2, 0) is 33.3 Å². The van der Waals surface area contributed by atoms with Crippen LogP contribution in [-0.4, -0.2) is 58.1 Å². The first kappa shape index (κ1) is 15.6. The minimum Gasteiger partial charge on any atom is -0.459 e. The van der Waals surface area contributed by atoms with E-state index in [1.54, 1.807) is 20.8 Å². The molecule has 2 saturated carbocycles. The van der Waals surface area contributed by atoms with Crippen molar-refractivity contribution in [3.63, 3.8) is 0 Å². The van der Waals surface area contributed by atoms with Crippen LogP contribution in [0.15, 0.2) is 0 Å². The van der Waals surface area contributed by atoms with E-state index < -0.39 is 70.3 Å². The summed E-state index contributed by atoms with van der Waals surface area (Å²) in [6, 6.07) is 0. The van der Waals surface area contributed by atoms with E-state index >= 15 is 0 Å². The number of aliphatic hydroxyl groups is 1. The minimum absolute atomic E-state index is 0.161. The van der Waals surface area contributed by atoms with E-state index in [2.05, 4.69) is 0 Å². The second-order valence-corrected chi connectivity index (χ2v) is 8.60.